The molecular weight excluding hydrogens is 323 g/mol. The van der Waals surface area contributed by atoms with Crippen LogP contribution in [-0.4, -0.2) is 39.4 Å². The minimum atomic E-state index is -1.10. The molecule has 0 aliphatic carbocycles. The molecule has 1 fully saturated rings. The number of carbonyl (C=O) groups is 2. The molecule has 1 amide bonds. The summed E-state index contributed by atoms with van der Waals surface area (Å²) in [5, 5.41) is 19.6. The fraction of sp³-hybridized carbons (Fsp3) is 0.333. The SMILES string of the molecule is O=C(O)C1CCCN1C(=O)c1cc(Cl)c(Cl)c([N+](=O)[O-])c1. The monoisotopic (exact) mass is 332 g/mol. The number of nitro benzene ring substituents is 1. The Hall–Kier alpha value is -1.86. The Kier molecular flexibility index (Phi) is 4.34. The van der Waals surface area contributed by atoms with Gasteiger partial charge in [-0.3, -0.25) is 14.9 Å². The summed E-state index contributed by atoms with van der Waals surface area (Å²) in [5.74, 6) is -1.71. The number of nitro groups is 1. The first-order valence-corrected chi connectivity index (χ1v) is 6.75. The van der Waals surface area contributed by atoms with Crippen LogP contribution in [0.5, 0.6) is 0 Å². The number of hydrogen-bond acceptors (Lipinski definition) is 4. The molecule has 1 heterocycles. The van der Waals surface area contributed by atoms with Gasteiger partial charge >= 0.3 is 5.97 Å². The first-order chi connectivity index (χ1) is 9.82. The van der Waals surface area contributed by atoms with E-state index in [1.54, 1.807) is 0 Å². The molecule has 1 N–H and O–H groups in total. The number of amides is 1. The van der Waals surface area contributed by atoms with Crippen LogP contribution in [-0.2, 0) is 4.79 Å². The van der Waals surface area contributed by atoms with Gasteiger partial charge in [0.05, 0.1) is 9.95 Å². The van der Waals surface area contributed by atoms with Crippen LogP contribution in [0.2, 0.25) is 10.0 Å². The standard InChI is InChI=1S/C12H10Cl2N2O5/c13-7-4-6(5-9(10(7)14)16(20)21)11(17)15-3-1-2-8(15)12(18)19/h4-5,8H,1-3H2,(H,18,19). The highest BCUT2D eigenvalue weighted by Gasteiger charge is 2.35. The fourth-order valence-electron chi connectivity index (χ4n) is 2.26. The first kappa shape index (κ1) is 15.5. The lowest BCUT2D eigenvalue weighted by Gasteiger charge is -2.21. The van der Waals surface area contributed by atoms with Crippen LogP contribution in [0.3, 0.4) is 0 Å². The summed E-state index contributed by atoms with van der Waals surface area (Å²) in [7, 11) is 0. The van der Waals surface area contributed by atoms with Gasteiger partial charge in [-0.2, -0.15) is 0 Å². The Morgan fingerprint density at radius 1 is 1.38 bits per heavy atom. The van der Waals surface area contributed by atoms with Gasteiger partial charge in [-0.1, -0.05) is 23.2 Å². The van der Waals surface area contributed by atoms with Gasteiger partial charge in [0, 0.05) is 18.2 Å². The minimum absolute atomic E-state index is 0.0516. The Morgan fingerprint density at radius 3 is 2.62 bits per heavy atom. The fourth-order valence-corrected chi connectivity index (χ4v) is 2.66. The van der Waals surface area contributed by atoms with Crippen LogP contribution in [0, 0.1) is 10.1 Å². The Labute approximate surface area is 129 Å². The second kappa shape index (κ2) is 5.87. The third kappa shape index (κ3) is 2.93. The smallest absolute Gasteiger partial charge is 0.326 e. The van der Waals surface area contributed by atoms with Crippen molar-refractivity contribution >= 4 is 40.8 Å². The average molecular weight is 333 g/mol. The second-order valence-electron chi connectivity index (χ2n) is 4.54. The molecule has 21 heavy (non-hydrogen) atoms. The molecule has 1 aromatic rings. The lowest BCUT2D eigenvalue weighted by molar-refractivity contribution is -0.384. The molecule has 0 bridgehead atoms. The zero-order valence-electron chi connectivity index (χ0n) is 10.6. The largest absolute Gasteiger partial charge is 0.480 e. The summed E-state index contributed by atoms with van der Waals surface area (Å²) < 4.78 is 0. The van der Waals surface area contributed by atoms with Gasteiger partial charge in [0.15, 0.2) is 0 Å². The number of carbonyl (C=O) groups excluding carboxylic acids is 1. The molecule has 0 saturated carbocycles. The molecule has 0 spiro atoms. The van der Waals surface area contributed by atoms with E-state index in [-0.39, 0.29) is 22.2 Å². The second-order valence-corrected chi connectivity index (χ2v) is 5.33. The van der Waals surface area contributed by atoms with Crippen molar-refractivity contribution in [1.82, 2.24) is 4.90 Å². The molecule has 2 rings (SSSR count). The third-order valence-electron chi connectivity index (χ3n) is 3.25. The van der Waals surface area contributed by atoms with E-state index in [4.69, 9.17) is 28.3 Å². The number of halogens is 2. The van der Waals surface area contributed by atoms with Gasteiger partial charge in [-0.15, -0.1) is 0 Å². The van der Waals surface area contributed by atoms with Crippen molar-refractivity contribution in [3.8, 4) is 0 Å². The van der Waals surface area contributed by atoms with Gasteiger partial charge in [0.1, 0.15) is 11.1 Å². The molecule has 1 unspecified atom stereocenters. The van der Waals surface area contributed by atoms with E-state index in [1.165, 1.54) is 11.0 Å². The Bertz CT molecular complexity index is 634. The number of aliphatic carboxylic acids is 1. The highest BCUT2D eigenvalue weighted by molar-refractivity contribution is 6.43. The number of benzene rings is 1. The minimum Gasteiger partial charge on any atom is -0.480 e. The van der Waals surface area contributed by atoms with Gasteiger partial charge in [-0.05, 0) is 18.9 Å². The lowest BCUT2D eigenvalue weighted by atomic mass is 10.1. The maximum Gasteiger partial charge on any atom is 0.326 e. The molecule has 1 aliphatic rings. The number of nitrogens with zero attached hydrogens (tertiary/aromatic N) is 2. The van der Waals surface area contributed by atoms with E-state index in [9.17, 15) is 19.7 Å². The van der Waals surface area contributed by atoms with Crippen molar-refractivity contribution in [2.45, 2.75) is 18.9 Å². The van der Waals surface area contributed by atoms with Crippen LogP contribution in [0.25, 0.3) is 0 Å². The maximum absolute atomic E-state index is 12.3. The number of rotatable bonds is 3. The molecule has 1 atom stereocenters. The summed E-state index contributed by atoms with van der Waals surface area (Å²) in [4.78, 5) is 34.7. The van der Waals surface area contributed by atoms with Crippen molar-refractivity contribution in [3.05, 3.63) is 37.9 Å². The summed E-state index contributed by atoms with van der Waals surface area (Å²) in [5.41, 5.74) is -0.539. The van der Waals surface area contributed by atoms with Gasteiger partial charge in [0.25, 0.3) is 11.6 Å². The number of carboxylic acids is 1. The van der Waals surface area contributed by atoms with E-state index in [0.717, 1.165) is 6.07 Å². The zero-order chi connectivity index (χ0) is 15.7. The topological polar surface area (TPSA) is 101 Å². The van der Waals surface area contributed by atoms with E-state index in [0.29, 0.717) is 12.8 Å². The maximum atomic E-state index is 12.3. The van der Waals surface area contributed by atoms with Gasteiger partial charge in [0.2, 0.25) is 0 Å². The predicted molar refractivity (Wildman–Crippen MR) is 74.8 cm³/mol. The summed E-state index contributed by atoms with van der Waals surface area (Å²) >= 11 is 11.5. The number of hydrogen-bond donors (Lipinski definition) is 1. The Balaban J connectivity index is 2.40. The molecule has 1 saturated heterocycles. The van der Waals surface area contributed by atoms with Crippen LogP contribution >= 0.6 is 23.2 Å². The van der Waals surface area contributed by atoms with Crippen LogP contribution in [0.4, 0.5) is 5.69 Å². The van der Waals surface area contributed by atoms with Crippen LogP contribution < -0.4 is 0 Å². The van der Waals surface area contributed by atoms with Crippen molar-refractivity contribution in [3.63, 3.8) is 0 Å². The van der Waals surface area contributed by atoms with Crippen LogP contribution in [0.15, 0.2) is 12.1 Å². The third-order valence-corrected chi connectivity index (χ3v) is 4.04. The predicted octanol–water partition coefficient (Wildman–Crippen LogP) is 2.59. The van der Waals surface area contributed by atoms with E-state index >= 15 is 0 Å². The zero-order valence-corrected chi connectivity index (χ0v) is 12.1. The Morgan fingerprint density at radius 2 is 2.05 bits per heavy atom. The first-order valence-electron chi connectivity index (χ1n) is 6.00. The quantitative estimate of drug-likeness (QED) is 0.677. The summed E-state index contributed by atoms with van der Waals surface area (Å²) in [6.07, 6.45) is 0.913. The highest BCUT2D eigenvalue weighted by atomic mass is 35.5. The number of likely N-dealkylation sites (tertiary alicyclic amines) is 1. The normalized spacial score (nSPS) is 17.8. The lowest BCUT2D eigenvalue weighted by Crippen LogP contribution is -2.40. The van der Waals surface area contributed by atoms with Crippen LogP contribution in [0.1, 0.15) is 23.2 Å². The molecular formula is C12H10Cl2N2O5. The molecule has 1 aromatic carbocycles. The summed E-state index contributed by atoms with van der Waals surface area (Å²) in [6.45, 7) is 0.282. The van der Waals surface area contributed by atoms with Crippen molar-refractivity contribution in [2.75, 3.05) is 6.54 Å². The molecule has 9 heteroatoms. The summed E-state index contributed by atoms with van der Waals surface area (Å²) in [6, 6.07) is 1.29. The van der Waals surface area contributed by atoms with E-state index < -0.39 is 28.5 Å². The highest BCUT2D eigenvalue weighted by Crippen LogP contribution is 2.34. The van der Waals surface area contributed by atoms with E-state index in [1.807, 2.05) is 0 Å². The van der Waals surface area contributed by atoms with Gasteiger partial charge < -0.3 is 10.0 Å². The number of carboxylic acid groups (broad SMARTS) is 1. The van der Waals surface area contributed by atoms with Gasteiger partial charge in [-0.25, -0.2) is 4.79 Å². The molecule has 1 aliphatic heterocycles. The molecule has 112 valence electrons. The average Bonchev–Trinajstić information content (AvgIpc) is 2.89. The van der Waals surface area contributed by atoms with Crippen molar-refractivity contribution < 1.29 is 19.6 Å². The molecule has 7 nitrogen and oxygen atoms in total. The van der Waals surface area contributed by atoms with Crippen molar-refractivity contribution in [2.24, 2.45) is 0 Å². The molecule has 0 aromatic heterocycles. The molecule has 0 radical (unpaired) electrons. The van der Waals surface area contributed by atoms with E-state index in [2.05, 4.69) is 0 Å². The van der Waals surface area contributed by atoms with Crippen molar-refractivity contribution in [1.29, 1.82) is 0 Å².